The number of pyridine rings is 1. The van der Waals surface area contributed by atoms with Crippen molar-refractivity contribution in [3.05, 3.63) is 117 Å². The number of nitro benzene ring substituents is 1. The molecule has 5 aromatic rings. The Morgan fingerprint density at radius 2 is 1.81 bits per heavy atom. The number of rotatable bonds is 13. The SMILES string of the molecule is CC1(C)CCC(CC2CNCCN2c2ccc(C(=O)NS(=O)(=O)c3ccc(NC4CCN(C5CC5)CC4)c([N+](=O)[O-])c3)c(Oc3cnc4[nH]ccc4c3)c2)=C(c2ccc(Cl)cc2)C1. The Kier molecular flexibility index (Phi) is 12.0. The van der Waals surface area contributed by atoms with E-state index in [1.54, 1.807) is 24.4 Å². The lowest BCUT2D eigenvalue weighted by Crippen LogP contribution is -2.51. The third-order valence-corrected chi connectivity index (χ3v) is 14.6. The number of nitro groups is 1. The summed E-state index contributed by atoms with van der Waals surface area (Å²) < 4.78 is 36.3. The monoisotopic (exact) mass is 892 g/mol. The van der Waals surface area contributed by atoms with E-state index in [1.165, 1.54) is 47.9 Å². The summed E-state index contributed by atoms with van der Waals surface area (Å²) in [6.45, 7) is 8.65. The van der Waals surface area contributed by atoms with Crippen LogP contribution in [0.5, 0.6) is 11.5 Å². The van der Waals surface area contributed by atoms with Gasteiger partial charge in [-0.25, -0.2) is 18.1 Å². The number of allylic oxidation sites excluding steroid dienone is 1. The molecule has 3 aromatic carbocycles. The van der Waals surface area contributed by atoms with Crippen LogP contribution in [0.2, 0.25) is 5.02 Å². The third kappa shape index (κ3) is 9.71. The number of anilines is 2. The zero-order valence-corrected chi connectivity index (χ0v) is 37.1. The van der Waals surface area contributed by atoms with Crippen molar-refractivity contribution in [2.24, 2.45) is 5.41 Å². The average Bonchev–Trinajstić information content (AvgIpc) is 4.01. The van der Waals surface area contributed by atoms with Gasteiger partial charge in [-0.15, -0.1) is 0 Å². The van der Waals surface area contributed by atoms with Crippen LogP contribution in [0.1, 0.15) is 81.1 Å². The molecule has 0 bridgehead atoms. The van der Waals surface area contributed by atoms with Gasteiger partial charge in [-0.3, -0.25) is 14.9 Å². The number of nitrogens with one attached hydrogen (secondary N) is 4. The fourth-order valence-electron chi connectivity index (χ4n) is 9.40. The summed E-state index contributed by atoms with van der Waals surface area (Å²) in [6, 6.07) is 21.4. The smallest absolute Gasteiger partial charge is 0.293 e. The summed E-state index contributed by atoms with van der Waals surface area (Å²) in [5.74, 6) is -0.459. The summed E-state index contributed by atoms with van der Waals surface area (Å²) in [5, 5.41) is 20.6. The van der Waals surface area contributed by atoms with E-state index in [0.717, 1.165) is 81.8 Å². The predicted octanol–water partition coefficient (Wildman–Crippen LogP) is 8.91. The molecule has 14 nitrogen and oxygen atoms in total. The Morgan fingerprint density at radius 1 is 1.02 bits per heavy atom. The van der Waals surface area contributed by atoms with Gasteiger partial charge in [0.15, 0.2) is 0 Å². The van der Waals surface area contributed by atoms with Crippen molar-refractivity contribution in [2.45, 2.75) is 88.2 Å². The zero-order valence-electron chi connectivity index (χ0n) is 35.5. The number of halogens is 1. The summed E-state index contributed by atoms with van der Waals surface area (Å²) >= 11 is 6.29. The molecule has 2 aliphatic carbocycles. The fourth-order valence-corrected chi connectivity index (χ4v) is 10.5. The number of amides is 1. The van der Waals surface area contributed by atoms with Crippen LogP contribution in [0.3, 0.4) is 0 Å². The van der Waals surface area contributed by atoms with Crippen molar-refractivity contribution in [2.75, 3.05) is 42.9 Å². The van der Waals surface area contributed by atoms with Gasteiger partial charge in [0.05, 0.1) is 21.6 Å². The molecule has 1 saturated carbocycles. The highest BCUT2D eigenvalue weighted by atomic mass is 35.5. The standard InChI is InChI=1S/C47H53ClN8O6S/c1-47(2)17-13-31(41(27-47)30-3-5-33(48)6-4-30)23-37-28-49-19-22-55(37)36-9-11-40(44(25-36)62-38-24-32-14-18-50-45(32)51-29-38)46(57)53-63(60,61)39-10-12-42(43(26-39)56(58)59)52-34-15-20-54(21-16-34)35-7-8-35/h3-6,9-12,14,18,24-26,29,34-35,37,49,52H,7-8,13,15-17,19-23,27-28H2,1-2H3,(H,50,51)(H,53,57). The number of carbonyl (C=O) groups excluding carboxylic acids is 1. The Hall–Kier alpha value is -5.48. The summed E-state index contributed by atoms with van der Waals surface area (Å²) in [4.78, 5) is 37.7. The van der Waals surface area contributed by atoms with Crippen LogP contribution in [-0.4, -0.2) is 85.0 Å². The van der Waals surface area contributed by atoms with Gasteiger partial charge in [0.25, 0.3) is 21.6 Å². The van der Waals surface area contributed by atoms with E-state index < -0.39 is 25.7 Å². The van der Waals surface area contributed by atoms with Gasteiger partial charge >= 0.3 is 0 Å². The minimum absolute atomic E-state index is 0.0236. The molecular weight excluding hydrogens is 840 g/mol. The van der Waals surface area contributed by atoms with Crippen molar-refractivity contribution < 1.29 is 22.9 Å². The van der Waals surface area contributed by atoms with Crippen molar-refractivity contribution in [3.63, 3.8) is 0 Å². The number of hydrogen-bond donors (Lipinski definition) is 4. The van der Waals surface area contributed by atoms with Crippen LogP contribution < -0.4 is 25.0 Å². The van der Waals surface area contributed by atoms with E-state index in [9.17, 15) is 23.3 Å². The van der Waals surface area contributed by atoms with Gasteiger partial charge in [0.1, 0.15) is 22.8 Å². The molecule has 1 atom stereocenters. The number of fused-ring (bicyclic) bond motifs is 1. The van der Waals surface area contributed by atoms with Gasteiger partial charge in [-0.05, 0) is 116 Å². The first-order chi connectivity index (χ1) is 30.3. The number of hydrogen-bond acceptors (Lipinski definition) is 11. The Labute approximate surface area is 372 Å². The lowest BCUT2D eigenvalue weighted by molar-refractivity contribution is -0.384. The lowest BCUT2D eigenvalue weighted by Gasteiger charge is -2.41. The quantitative estimate of drug-likeness (QED) is 0.0657. The third-order valence-electron chi connectivity index (χ3n) is 13.0. The van der Waals surface area contributed by atoms with Crippen LogP contribution in [-0.2, 0) is 10.0 Å². The Bertz CT molecular complexity index is 2670. The molecule has 4 heterocycles. The highest BCUT2D eigenvalue weighted by Crippen LogP contribution is 2.45. The van der Waals surface area contributed by atoms with Gasteiger partial charge < -0.3 is 30.2 Å². The molecule has 3 fully saturated rings. The molecular formula is C47H53ClN8O6S. The molecule has 16 heteroatoms. The van der Waals surface area contributed by atoms with E-state index in [-0.39, 0.29) is 40.2 Å². The van der Waals surface area contributed by atoms with E-state index >= 15 is 0 Å². The second kappa shape index (κ2) is 17.6. The van der Waals surface area contributed by atoms with Crippen LogP contribution in [0.4, 0.5) is 17.1 Å². The van der Waals surface area contributed by atoms with Crippen LogP contribution in [0.15, 0.2) is 95.7 Å². The minimum atomic E-state index is -4.57. The number of piperidine rings is 1. The van der Waals surface area contributed by atoms with Crippen molar-refractivity contribution in [3.8, 4) is 11.5 Å². The van der Waals surface area contributed by atoms with Gasteiger partial charge in [-0.1, -0.05) is 43.2 Å². The molecule has 330 valence electrons. The van der Waals surface area contributed by atoms with Crippen LogP contribution in [0, 0.1) is 15.5 Å². The molecule has 2 aromatic heterocycles. The number of nitrogens with zero attached hydrogens (tertiary/aromatic N) is 4. The number of benzene rings is 3. The molecule has 2 saturated heterocycles. The Balaban J connectivity index is 0.992. The number of ether oxygens (including phenoxy) is 1. The van der Waals surface area contributed by atoms with E-state index in [2.05, 4.69) is 61.1 Å². The van der Waals surface area contributed by atoms with Crippen molar-refractivity contribution >= 4 is 61.2 Å². The molecule has 0 spiro atoms. The number of piperazine rings is 1. The normalized spacial score (nSPS) is 19.9. The predicted molar refractivity (Wildman–Crippen MR) is 246 cm³/mol. The van der Waals surface area contributed by atoms with Crippen LogP contribution in [0.25, 0.3) is 16.6 Å². The van der Waals surface area contributed by atoms with E-state index in [1.807, 2.05) is 24.3 Å². The minimum Gasteiger partial charge on any atom is -0.455 e. The maximum absolute atomic E-state index is 14.1. The fraction of sp³-hybridized carbons (Fsp3) is 0.404. The van der Waals surface area contributed by atoms with Gasteiger partial charge in [-0.2, -0.15) is 0 Å². The summed E-state index contributed by atoms with van der Waals surface area (Å²) in [6.07, 6.45) is 11.3. The molecule has 4 N–H and O–H groups in total. The highest BCUT2D eigenvalue weighted by Gasteiger charge is 2.34. The largest absolute Gasteiger partial charge is 0.455 e. The molecule has 0 radical (unpaired) electrons. The van der Waals surface area contributed by atoms with Crippen molar-refractivity contribution in [1.82, 2.24) is 24.9 Å². The zero-order chi connectivity index (χ0) is 43.9. The number of carbonyl (C=O) groups is 1. The molecule has 1 amide bonds. The second-order valence-electron chi connectivity index (χ2n) is 18.1. The van der Waals surface area contributed by atoms with Crippen LogP contribution >= 0.6 is 11.6 Å². The highest BCUT2D eigenvalue weighted by molar-refractivity contribution is 7.90. The maximum atomic E-state index is 14.1. The number of aromatic amines is 1. The molecule has 1 unspecified atom stereocenters. The second-order valence-corrected chi connectivity index (χ2v) is 20.2. The van der Waals surface area contributed by atoms with Gasteiger partial charge in [0, 0.05) is 85.3 Å². The van der Waals surface area contributed by atoms with E-state index in [0.29, 0.717) is 29.0 Å². The molecule has 2 aliphatic heterocycles. The topological polar surface area (TPSA) is 175 Å². The number of aromatic nitrogens is 2. The molecule has 63 heavy (non-hydrogen) atoms. The number of sulfonamides is 1. The first kappa shape index (κ1) is 42.8. The lowest BCUT2D eigenvalue weighted by atomic mass is 9.71. The van der Waals surface area contributed by atoms with Crippen molar-refractivity contribution in [1.29, 1.82) is 0 Å². The van der Waals surface area contributed by atoms with E-state index in [4.69, 9.17) is 16.3 Å². The molecule has 9 rings (SSSR count). The summed E-state index contributed by atoms with van der Waals surface area (Å²) in [5.41, 5.74) is 5.43. The first-order valence-electron chi connectivity index (χ1n) is 21.8. The average molecular weight is 894 g/mol. The van der Waals surface area contributed by atoms with Gasteiger partial charge in [0.2, 0.25) is 0 Å². The molecule has 4 aliphatic rings. The number of likely N-dealkylation sites (tertiary alicyclic amines) is 1. The number of H-pyrrole nitrogens is 1. The maximum Gasteiger partial charge on any atom is 0.293 e. The summed E-state index contributed by atoms with van der Waals surface area (Å²) in [7, 11) is -4.57. The first-order valence-corrected chi connectivity index (χ1v) is 23.7. The Morgan fingerprint density at radius 3 is 2.57 bits per heavy atom.